The monoisotopic (exact) mass is 406 g/mol. The van der Waals surface area contributed by atoms with Gasteiger partial charge in [0.1, 0.15) is 15.6 Å². The molecular weight excluding hydrogens is 372 g/mol. The predicted octanol–water partition coefficient (Wildman–Crippen LogP) is 2.46. The number of sulfone groups is 1. The molecule has 0 aliphatic carbocycles. The van der Waals surface area contributed by atoms with E-state index in [-0.39, 0.29) is 5.75 Å². The quantitative estimate of drug-likeness (QED) is 0.726. The lowest BCUT2D eigenvalue weighted by Crippen LogP contribution is -2.64. The number of piperidine rings is 3. The van der Waals surface area contributed by atoms with Crippen molar-refractivity contribution in [2.45, 2.75) is 44.2 Å². The second kappa shape index (κ2) is 8.33. The first-order valence-corrected chi connectivity index (χ1v) is 12.8. The van der Waals surface area contributed by atoms with Crippen molar-refractivity contribution in [3.63, 3.8) is 0 Å². The molecule has 2 bridgehead atoms. The van der Waals surface area contributed by atoms with E-state index in [4.69, 9.17) is 4.74 Å². The Morgan fingerprint density at radius 3 is 2.79 bits per heavy atom. The van der Waals surface area contributed by atoms with Crippen LogP contribution in [0, 0.1) is 11.8 Å². The van der Waals surface area contributed by atoms with Crippen LogP contribution < -0.4 is 4.74 Å². The number of nitrogens with zero attached hydrogens (tertiary/aromatic N) is 2. The molecule has 28 heavy (non-hydrogen) atoms. The van der Waals surface area contributed by atoms with E-state index >= 15 is 0 Å². The fourth-order valence-corrected chi connectivity index (χ4v) is 6.39. The largest absolute Gasteiger partial charge is 0.497 e. The third kappa shape index (κ3) is 4.55. The highest BCUT2D eigenvalue weighted by Crippen LogP contribution is 2.42. The van der Waals surface area contributed by atoms with Crippen LogP contribution in [0.15, 0.2) is 24.3 Å². The predicted molar refractivity (Wildman–Crippen MR) is 113 cm³/mol. The molecule has 4 atom stereocenters. The van der Waals surface area contributed by atoms with Crippen LogP contribution in [0.5, 0.6) is 5.75 Å². The van der Waals surface area contributed by atoms with Crippen molar-refractivity contribution in [3.05, 3.63) is 29.8 Å². The zero-order valence-corrected chi connectivity index (χ0v) is 18.0. The van der Waals surface area contributed by atoms with E-state index in [0.717, 1.165) is 25.3 Å². The molecule has 6 heteroatoms. The van der Waals surface area contributed by atoms with Crippen molar-refractivity contribution >= 4 is 9.84 Å². The molecule has 0 unspecified atom stereocenters. The van der Waals surface area contributed by atoms with E-state index in [9.17, 15) is 8.42 Å². The molecule has 0 N–H and O–H groups in total. The van der Waals surface area contributed by atoms with Crippen molar-refractivity contribution in [2.75, 3.05) is 45.3 Å². The van der Waals surface area contributed by atoms with Crippen LogP contribution >= 0.6 is 0 Å². The summed E-state index contributed by atoms with van der Waals surface area (Å²) in [5, 5.41) is 0. The summed E-state index contributed by atoms with van der Waals surface area (Å²) >= 11 is 0. The van der Waals surface area contributed by atoms with Crippen LogP contribution in [0.2, 0.25) is 0 Å². The molecule has 3 aliphatic heterocycles. The van der Waals surface area contributed by atoms with Gasteiger partial charge >= 0.3 is 0 Å². The molecule has 3 heterocycles. The SMILES string of the molecule is COc1cccc(C[C@H]2[C@H]3C[C@H](CN(CCS(C)(=O)=O)C3)[C@@H]3CCCCN32)c1. The third-order valence-corrected chi connectivity index (χ3v) is 7.98. The third-order valence-electron chi connectivity index (χ3n) is 7.05. The zero-order valence-electron chi connectivity index (χ0n) is 17.2. The second-order valence-electron chi connectivity index (χ2n) is 9.07. The van der Waals surface area contributed by atoms with E-state index in [1.807, 2.05) is 6.07 Å². The molecule has 1 aromatic rings. The molecular formula is C22H34N2O3S. The molecule has 3 aliphatic rings. The minimum atomic E-state index is -2.91. The average Bonchev–Trinajstić information content (AvgIpc) is 2.69. The number of ether oxygens (including phenoxy) is 1. The van der Waals surface area contributed by atoms with Crippen molar-refractivity contribution in [1.82, 2.24) is 9.80 Å². The summed E-state index contributed by atoms with van der Waals surface area (Å²) in [6.07, 6.45) is 7.65. The van der Waals surface area contributed by atoms with E-state index in [1.54, 1.807) is 7.11 Å². The lowest BCUT2D eigenvalue weighted by molar-refractivity contribution is -0.0699. The Kier molecular flexibility index (Phi) is 6.00. The summed E-state index contributed by atoms with van der Waals surface area (Å²) in [4.78, 5) is 5.25. The fraction of sp³-hybridized carbons (Fsp3) is 0.727. The van der Waals surface area contributed by atoms with Gasteiger partial charge in [0.2, 0.25) is 0 Å². The Bertz CT molecular complexity index is 782. The molecule has 4 rings (SSSR count). The van der Waals surface area contributed by atoms with Gasteiger partial charge in [-0.1, -0.05) is 18.6 Å². The maximum absolute atomic E-state index is 11.7. The molecule has 0 aromatic heterocycles. The zero-order chi connectivity index (χ0) is 19.7. The minimum Gasteiger partial charge on any atom is -0.497 e. The minimum absolute atomic E-state index is 0.279. The molecule has 3 fully saturated rings. The van der Waals surface area contributed by atoms with Gasteiger partial charge in [0.15, 0.2) is 0 Å². The van der Waals surface area contributed by atoms with E-state index < -0.39 is 9.84 Å². The van der Waals surface area contributed by atoms with Gasteiger partial charge in [0.05, 0.1) is 12.9 Å². The Labute approximate surface area is 170 Å². The van der Waals surface area contributed by atoms with Crippen molar-refractivity contribution in [2.24, 2.45) is 11.8 Å². The number of hydrogen-bond acceptors (Lipinski definition) is 5. The maximum atomic E-state index is 11.7. The van der Waals surface area contributed by atoms with Crippen molar-refractivity contribution in [3.8, 4) is 5.75 Å². The van der Waals surface area contributed by atoms with Gasteiger partial charge in [0, 0.05) is 38.0 Å². The van der Waals surface area contributed by atoms with Crippen molar-refractivity contribution in [1.29, 1.82) is 0 Å². The van der Waals surface area contributed by atoms with Crippen LogP contribution in [-0.2, 0) is 16.3 Å². The summed E-state index contributed by atoms with van der Waals surface area (Å²) in [6, 6.07) is 9.72. The van der Waals surface area contributed by atoms with Crippen molar-refractivity contribution < 1.29 is 13.2 Å². The van der Waals surface area contributed by atoms with Crippen LogP contribution in [0.25, 0.3) is 0 Å². The Balaban J connectivity index is 1.53. The highest BCUT2D eigenvalue weighted by atomic mass is 32.2. The van der Waals surface area contributed by atoms with Gasteiger partial charge in [-0.2, -0.15) is 0 Å². The number of likely N-dealkylation sites (tertiary alicyclic amines) is 1. The molecule has 156 valence electrons. The van der Waals surface area contributed by atoms with Crippen LogP contribution in [0.1, 0.15) is 31.2 Å². The second-order valence-corrected chi connectivity index (χ2v) is 11.3. The van der Waals surface area contributed by atoms with Gasteiger partial charge in [-0.05, 0) is 61.8 Å². The van der Waals surface area contributed by atoms with Crippen LogP contribution in [0.3, 0.4) is 0 Å². The summed E-state index contributed by atoms with van der Waals surface area (Å²) in [7, 11) is -1.18. The number of methoxy groups -OCH3 is 1. The Morgan fingerprint density at radius 1 is 1.18 bits per heavy atom. The van der Waals surface area contributed by atoms with E-state index in [2.05, 4.69) is 28.0 Å². The Morgan fingerprint density at radius 2 is 2.00 bits per heavy atom. The molecule has 0 saturated carbocycles. The first-order valence-electron chi connectivity index (χ1n) is 10.7. The summed E-state index contributed by atoms with van der Waals surface area (Å²) in [6.45, 7) is 4.00. The topological polar surface area (TPSA) is 49.9 Å². The molecule has 0 radical (unpaired) electrons. The average molecular weight is 407 g/mol. The van der Waals surface area contributed by atoms with Gasteiger partial charge < -0.3 is 9.64 Å². The van der Waals surface area contributed by atoms with Gasteiger partial charge in [-0.25, -0.2) is 8.42 Å². The van der Waals surface area contributed by atoms with Crippen LogP contribution in [-0.4, -0.2) is 75.6 Å². The van der Waals surface area contributed by atoms with Gasteiger partial charge in [-0.3, -0.25) is 4.90 Å². The lowest BCUT2D eigenvalue weighted by atomic mass is 9.71. The highest BCUT2D eigenvalue weighted by Gasteiger charge is 2.46. The number of hydrogen-bond donors (Lipinski definition) is 0. The van der Waals surface area contributed by atoms with E-state index in [1.165, 1.54) is 44.0 Å². The first kappa shape index (κ1) is 20.2. The molecule has 3 saturated heterocycles. The fourth-order valence-electron chi connectivity index (χ4n) is 5.80. The summed E-state index contributed by atoms with van der Waals surface area (Å²) in [5.74, 6) is 2.53. The molecule has 0 spiro atoms. The molecule has 1 aromatic carbocycles. The van der Waals surface area contributed by atoms with E-state index in [0.29, 0.717) is 30.5 Å². The summed E-state index contributed by atoms with van der Waals surface area (Å²) in [5.41, 5.74) is 1.35. The smallest absolute Gasteiger partial charge is 0.148 e. The number of benzene rings is 1. The maximum Gasteiger partial charge on any atom is 0.148 e. The summed E-state index contributed by atoms with van der Waals surface area (Å²) < 4.78 is 28.8. The van der Waals surface area contributed by atoms with Crippen LogP contribution in [0.4, 0.5) is 0 Å². The van der Waals surface area contributed by atoms with Gasteiger partial charge in [0.25, 0.3) is 0 Å². The number of fused-ring (bicyclic) bond motifs is 4. The Hall–Kier alpha value is -1.11. The molecule has 0 amide bonds. The standard InChI is InChI=1S/C22H34N2O3S/c1-27-20-7-5-6-17(12-20)13-22-19-14-18(21-8-3-4-9-24(21)22)15-23(16-19)10-11-28(2,25)26/h5-7,12,18-19,21-22H,3-4,8-11,13-16H2,1-2H3/t18-,19+,21+,22+/m1/s1. The number of rotatable bonds is 6. The first-order chi connectivity index (χ1) is 13.4. The molecule has 5 nitrogen and oxygen atoms in total. The van der Waals surface area contributed by atoms with Gasteiger partial charge in [-0.15, -0.1) is 0 Å². The normalized spacial score (nSPS) is 31.4. The highest BCUT2D eigenvalue weighted by molar-refractivity contribution is 7.90. The lowest BCUT2D eigenvalue weighted by Gasteiger charge is -2.57.